The number of carbonyl (C=O) groups excluding carboxylic acids is 1. The Kier molecular flexibility index (Phi) is 6.06. The summed E-state index contributed by atoms with van der Waals surface area (Å²) in [4.78, 5) is 13.3. The maximum atomic E-state index is 13.4. The van der Waals surface area contributed by atoms with Crippen LogP contribution < -0.4 is 10.2 Å². The van der Waals surface area contributed by atoms with Gasteiger partial charge in [0.1, 0.15) is 18.2 Å². The summed E-state index contributed by atoms with van der Waals surface area (Å²) in [7, 11) is 0. The van der Waals surface area contributed by atoms with Crippen LogP contribution in [0.15, 0.2) is 18.2 Å². The summed E-state index contributed by atoms with van der Waals surface area (Å²) in [6.07, 6.45) is 3.51. The summed E-state index contributed by atoms with van der Waals surface area (Å²) in [5.74, 6) is -0.996. The van der Waals surface area contributed by atoms with Gasteiger partial charge in [0.15, 0.2) is 0 Å². The third-order valence-electron chi connectivity index (χ3n) is 5.92. The molecule has 2 heterocycles. The van der Waals surface area contributed by atoms with Gasteiger partial charge in [-0.05, 0) is 37.5 Å². The van der Waals surface area contributed by atoms with Crippen molar-refractivity contribution < 1.29 is 18.5 Å². The zero-order valence-corrected chi connectivity index (χ0v) is 17.8. The third kappa shape index (κ3) is 4.98. The number of nitrogens with zero attached hydrogens (tertiary/aromatic N) is 3. The highest BCUT2D eigenvalue weighted by molar-refractivity contribution is 6.31. The lowest BCUT2D eigenvalue weighted by Gasteiger charge is -2.14. The third-order valence-corrected chi connectivity index (χ3v) is 6.33. The number of quaternary nitrogens is 1. The molecule has 162 valence electrons. The van der Waals surface area contributed by atoms with Gasteiger partial charge in [-0.25, -0.2) is 8.78 Å². The van der Waals surface area contributed by atoms with E-state index in [2.05, 4.69) is 20.1 Å². The second-order valence-electron chi connectivity index (χ2n) is 8.38. The van der Waals surface area contributed by atoms with Crippen molar-refractivity contribution in [3.8, 4) is 0 Å². The van der Waals surface area contributed by atoms with E-state index in [0.717, 1.165) is 35.0 Å². The number of alkyl halides is 2. The Bertz CT molecular complexity index is 928. The molecule has 1 aliphatic heterocycles. The maximum Gasteiger partial charge on any atom is 0.300 e. The predicted molar refractivity (Wildman–Crippen MR) is 110 cm³/mol. The van der Waals surface area contributed by atoms with E-state index in [0.29, 0.717) is 49.1 Å². The molecule has 6 nitrogen and oxygen atoms in total. The summed E-state index contributed by atoms with van der Waals surface area (Å²) in [5, 5.41) is 12.2. The lowest BCUT2D eigenvalue weighted by molar-refractivity contribution is -0.890. The number of aryl methyl sites for hydroxylation is 1. The zero-order valence-electron chi connectivity index (χ0n) is 17.1. The molecular weight excluding hydrogens is 412 g/mol. The highest BCUT2D eigenvalue weighted by Crippen LogP contribution is 2.37. The number of amides is 1. The average Bonchev–Trinajstić information content (AvgIpc) is 3.36. The van der Waals surface area contributed by atoms with E-state index < -0.39 is 5.92 Å². The Hall–Kier alpha value is -2.06. The number of hydrogen-bond donors (Lipinski definition) is 2. The molecular formula is C21H27ClF2N5O+. The second-order valence-corrected chi connectivity index (χ2v) is 8.78. The topological polar surface area (TPSA) is 64.2 Å². The summed E-state index contributed by atoms with van der Waals surface area (Å²) < 4.78 is 29.0. The van der Waals surface area contributed by atoms with Crippen molar-refractivity contribution in [3.05, 3.63) is 40.4 Å². The Morgan fingerprint density at radius 3 is 2.70 bits per heavy atom. The molecule has 4 rings (SSSR count). The highest BCUT2D eigenvalue weighted by Gasteiger charge is 2.42. The number of nitrogens with one attached hydrogen (secondary N) is 2. The Labute approximate surface area is 179 Å². The van der Waals surface area contributed by atoms with Crippen molar-refractivity contribution in [1.29, 1.82) is 0 Å². The minimum Gasteiger partial charge on any atom is -0.329 e. The monoisotopic (exact) mass is 438 g/mol. The van der Waals surface area contributed by atoms with Crippen LogP contribution in [-0.4, -0.2) is 46.2 Å². The van der Waals surface area contributed by atoms with Crippen LogP contribution in [0.3, 0.4) is 0 Å². The quantitative estimate of drug-likeness (QED) is 0.666. The molecule has 9 heteroatoms. The fourth-order valence-electron chi connectivity index (χ4n) is 4.04. The van der Waals surface area contributed by atoms with Crippen LogP contribution >= 0.6 is 11.6 Å². The molecule has 2 aromatic rings. The van der Waals surface area contributed by atoms with Crippen molar-refractivity contribution in [3.63, 3.8) is 0 Å². The lowest BCUT2D eigenvalue weighted by atomic mass is 10.2. The van der Waals surface area contributed by atoms with Crippen molar-refractivity contribution in [2.45, 2.75) is 57.4 Å². The van der Waals surface area contributed by atoms with Gasteiger partial charge in [-0.15, -0.1) is 10.2 Å². The van der Waals surface area contributed by atoms with Gasteiger partial charge >= 0.3 is 5.92 Å². The molecule has 0 bridgehead atoms. The molecule has 1 amide bonds. The van der Waals surface area contributed by atoms with Gasteiger partial charge in [0.25, 0.3) is 0 Å². The molecule has 1 aromatic carbocycles. The number of rotatable bonds is 8. The molecule has 1 saturated carbocycles. The van der Waals surface area contributed by atoms with Gasteiger partial charge in [-0.2, -0.15) is 0 Å². The van der Waals surface area contributed by atoms with Crippen LogP contribution in [0.25, 0.3) is 0 Å². The summed E-state index contributed by atoms with van der Waals surface area (Å²) in [6, 6.07) is 5.79. The summed E-state index contributed by atoms with van der Waals surface area (Å²) in [5.41, 5.74) is 1.55. The van der Waals surface area contributed by atoms with Crippen LogP contribution in [0.1, 0.15) is 48.9 Å². The lowest BCUT2D eigenvalue weighted by Crippen LogP contribution is -3.11. The normalized spacial score (nSPS) is 20.5. The van der Waals surface area contributed by atoms with Gasteiger partial charge < -0.3 is 14.8 Å². The van der Waals surface area contributed by atoms with E-state index in [1.165, 1.54) is 0 Å². The van der Waals surface area contributed by atoms with Gasteiger partial charge in [-0.3, -0.25) is 4.79 Å². The molecule has 2 fully saturated rings. The van der Waals surface area contributed by atoms with E-state index in [4.69, 9.17) is 11.6 Å². The van der Waals surface area contributed by atoms with Crippen molar-refractivity contribution in [2.75, 3.05) is 25.0 Å². The molecule has 1 aromatic heterocycles. The smallest absolute Gasteiger partial charge is 0.300 e. The minimum absolute atomic E-state index is 0.0376. The van der Waals surface area contributed by atoms with Crippen LogP contribution in [0, 0.1) is 6.92 Å². The SMILES string of the molecule is Cc1c(Cl)cccc1NC(=O)CCc1nnc(CC[NH+]2CCC(F)(F)C2)n1C1CC1. The van der Waals surface area contributed by atoms with E-state index in [-0.39, 0.29) is 18.9 Å². The number of hydrogen-bond acceptors (Lipinski definition) is 3. The second kappa shape index (κ2) is 8.59. The van der Waals surface area contributed by atoms with Gasteiger partial charge in [0.05, 0.1) is 25.9 Å². The molecule has 0 spiro atoms. The first-order valence-electron chi connectivity index (χ1n) is 10.5. The minimum atomic E-state index is -2.54. The molecule has 1 unspecified atom stereocenters. The van der Waals surface area contributed by atoms with E-state index in [9.17, 15) is 13.6 Å². The molecule has 2 aliphatic rings. The number of carbonyl (C=O) groups is 1. The van der Waals surface area contributed by atoms with E-state index in [1.807, 2.05) is 13.0 Å². The molecule has 1 aliphatic carbocycles. The largest absolute Gasteiger partial charge is 0.329 e. The van der Waals surface area contributed by atoms with E-state index >= 15 is 0 Å². The van der Waals surface area contributed by atoms with Crippen molar-refractivity contribution in [1.82, 2.24) is 14.8 Å². The number of likely N-dealkylation sites (tertiary alicyclic amines) is 1. The van der Waals surface area contributed by atoms with Crippen molar-refractivity contribution >= 4 is 23.2 Å². The van der Waals surface area contributed by atoms with E-state index in [1.54, 1.807) is 12.1 Å². The molecule has 0 radical (unpaired) electrons. The van der Waals surface area contributed by atoms with Gasteiger partial charge in [0, 0.05) is 29.6 Å². The number of anilines is 1. The summed E-state index contributed by atoms with van der Waals surface area (Å²) >= 11 is 6.11. The van der Waals surface area contributed by atoms with Gasteiger partial charge in [-0.1, -0.05) is 17.7 Å². The predicted octanol–water partition coefficient (Wildman–Crippen LogP) is 2.61. The molecule has 1 atom stereocenters. The average molecular weight is 439 g/mol. The first-order valence-corrected chi connectivity index (χ1v) is 10.9. The van der Waals surface area contributed by atoms with Gasteiger partial charge in [0.2, 0.25) is 5.91 Å². The molecule has 2 N–H and O–H groups in total. The Morgan fingerprint density at radius 2 is 2.03 bits per heavy atom. The number of aromatic nitrogens is 3. The fourth-order valence-corrected chi connectivity index (χ4v) is 4.22. The number of halogens is 3. The first-order chi connectivity index (χ1) is 14.3. The molecule has 30 heavy (non-hydrogen) atoms. The maximum absolute atomic E-state index is 13.4. The fraction of sp³-hybridized carbons (Fsp3) is 0.571. The standard InChI is InChI=1S/C21H26ClF2N5O/c1-14-16(22)3-2-4-17(14)25-20(30)8-7-18-26-27-19(29(18)15-5-6-15)9-11-28-12-10-21(23,24)13-28/h2-4,15H,5-13H2,1H3,(H,25,30)/p+1. The Balaban J connectivity index is 1.35. The van der Waals surface area contributed by atoms with Crippen LogP contribution in [0.2, 0.25) is 5.02 Å². The van der Waals surface area contributed by atoms with Crippen LogP contribution in [0.4, 0.5) is 14.5 Å². The Morgan fingerprint density at radius 1 is 1.30 bits per heavy atom. The highest BCUT2D eigenvalue weighted by atomic mass is 35.5. The van der Waals surface area contributed by atoms with Crippen molar-refractivity contribution in [2.24, 2.45) is 0 Å². The number of benzene rings is 1. The van der Waals surface area contributed by atoms with Crippen LogP contribution in [-0.2, 0) is 17.6 Å². The molecule has 1 saturated heterocycles. The first kappa shape index (κ1) is 21.2. The summed E-state index contributed by atoms with van der Waals surface area (Å²) in [6.45, 7) is 2.90. The van der Waals surface area contributed by atoms with Crippen LogP contribution in [0.5, 0.6) is 0 Å². The zero-order chi connectivity index (χ0) is 21.3.